The van der Waals surface area contributed by atoms with Crippen LogP contribution in [0.1, 0.15) is 47.7 Å². The summed E-state index contributed by atoms with van der Waals surface area (Å²) in [4.78, 5) is 15.2. The molecule has 2 aromatic rings. The highest BCUT2D eigenvalue weighted by Gasteiger charge is 2.30. The van der Waals surface area contributed by atoms with Gasteiger partial charge >= 0.3 is 0 Å². The molecule has 1 unspecified atom stereocenters. The van der Waals surface area contributed by atoms with Gasteiger partial charge in [-0.3, -0.25) is 4.79 Å². The molecule has 6 nitrogen and oxygen atoms in total. The summed E-state index contributed by atoms with van der Waals surface area (Å²) in [6.07, 6.45) is 2.75. The molecule has 0 spiro atoms. The summed E-state index contributed by atoms with van der Waals surface area (Å²) in [7, 11) is -1.98. The predicted octanol–water partition coefficient (Wildman–Crippen LogP) is 3.35. The van der Waals surface area contributed by atoms with Crippen LogP contribution in [0.2, 0.25) is 0 Å². The van der Waals surface area contributed by atoms with Gasteiger partial charge in [0.1, 0.15) is 0 Å². The van der Waals surface area contributed by atoms with E-state index in [1.165, 1.54) is 16.4 Å². The van der Waals surface area contributed by atoms with Gasteiger partial charge in [0.25, 0.3) is 15.9 Å². The van der Waals surface area contributed by atoms with E-state index in [1.807, 2.05) is 24.4 Å². The Bertz CT molecular complexity index is 821. The maximum atomic E-state index is 12.6. The van der Waals surface area contributed by atoms with Gasteiger partial charge in [-0.2, -0.15) is 4.31 Å². The molecule has 0 aliphatic carbocycles. The maximum absolute atomic E-state index is 12.6. The molecule has 1 fully saturated rings. The van der Waals surface area contributed by atoms with Crippen LogP contribution in [0.5, 0.6) is 0 Å². The quantitative estimate of drug-likeness (QED) is 0.795. The summed E-state index contributed by atoms with van der Waals surface area (Å²) in [5.74, 6) is -0.289. The Kier molecular flexibility index (Phi) is 5.31. The van der Waals surface area contributed by atoms with Crippen molar-refractivity contribution in [2.24, 2.45) is 0 Å². The largest absolute Gasteiger partial charge is 0.438 e. The normalized spacial score (nSPS) is 17.4. The van der Waals surface area contributed by atoms with Crippen LogP contribution in [0.4, 0.5) is 0 Å². The molecule has 0 radical (unpaired) electrons. The number of rotatable bonds is 5. The molecule has 0 N–H and O–H groups in total. The lowest BCUT2D eigenvalue weighted by Gasteiger charge is -2.24. The molecule has 25 heavy (non-hydrogen) atoms. The number of sulfonamides is 1. The Morgan fingerprint density at radius 3 is 2.60 bits per heavy atom. The number of piperidine rings is 1. The van der Waals surface area contributed by atoms with E-state index < -0.39 is 10.0 Å². The first-order chi connectivity index (χ1) is 11.9. The van der Waals surface area contributed by atoms with Crippen LogP contribution in [0.15, 0.2) is 39.2 Å². The van der Waals surface area contributed by atoms with E-state index in [2.05, 4.69) is 0 Å². The first-order valence-electron chi connectivity index (χ1n) is 8.32. The molecule has 2 aromatic heterocycles. The zero-order chi connectivity index (χ0) is 18.0. The van der Waals surface area contributed by atoms with E-state index in [4.69, 9.17) is 4.42 Å². The smallest absolute Gasteiger partial charge is 0.289 e. The van der Waals surface area contributed by atoms with Gasteiger partial charge in [-0.15, -0.1) is 11.3 Å². The van der Waals surface area contributed by atoms with Crippen LogP contribution in [-0.4, -0.2) is 43.7 Å². The average Bonchev–Trinajstić information content (AvgIpc) is 3.32. The molecule has 136 valence electrons. The number of hydrogen-bond acceptors (Lipinski definition) is 5. The van der Waals surface area contributed by atoms with Gasteiger partial charge in [-0.25, -0.2) is 8.42 Å². The minimum atomic E-state index is -3.67. The van der Waals surface area contributed by atoms with Gasteiger partial charge in [0.15, 0.2) is 5.76 Å². The average molecular weight is 383 g/mol. The van der Waals surface area contributed by atoms with Gasteiger partial charge in [-0.05, 0) is 43.3 Å². The van der Waals surface area contributed by atoms with Crippen molar-refractivity contribution in [3.63, 3.8) is 0 Å². The van der Waals surface area contributed by atoms with Crippen molar-refractivity contribution in [2.45, 2.75) is 37.3 Å². The molecule has 0 aromatic carbocycles. The Hall–Kier alpha value is -1.64. The maximum Gasteiger partial charge on any atom is 0.289 e. The number of amides is 1. The van der Waals surface area contributed by atoms with E-state index in [0.717, 1.165) is 24.1 Å². The Morgan fingerprint density at radius 2 is 1.96 bits per heavy atom. The van der Waals surface area contributed by atoms with Gasteiger partial charge < -0.3 is 9.32 Å². The van der Waals surface area contributed by atoms with Crippen molar-refractivity contribution in [3.05, 3.63) is 40.3 Å². The Labute approximate surface area is 152 Å². The Morgan fingerprint density at radius 1 is 1.24 bits per heavy atom. The van der Waals surface area contributed by atoms with Gasteiger partial charge in [-0.1, -0.05) is 12.5 Å². The van der Waals surface area contributed by atoms with Crippen molar-refractivity contribution in [1.29, 1.82) is 0 Å². The lowest BCUT2D eigenvalue weighted by Crippen LogP contribution is -2.35. The highest BCUT2D eigenvalue weighted by Crippen LogP contribution is 2.27. The lowest BCUT2D eigenvalue weighted by atomic mass is 10.2. The van der Waals surface area contributed by atoms with Crippen molar-refractivity contribution in [1.82, 2.24) is 9.21 Å². The van der Waals surface area contributed by atoms with E-state index in [-0.39, 0.29) is 22.8 Å². The molecular formula is C17H22N2O4S2. The van der Waals surface area contributed by atoms with Crippen LogP contribution in [0.3, 0.4) is 0 Å². The fourth-order valence-electron chi connectivity index (χ4n) is 2.88. The van der Waals surface area contributed by atoms with Gasteiger partial charge in [0.05, 0.1) is 6.04 Å². The molecule has 1 atom stereocenters. The molecular weight excluding hydrogens is 360 g/mol. The van der Waals surface area contributed by atoms with Crippen LogP contribution < -0.4 is 0 Å². The van der Waals surface area contributed by atoms with Crippen molar-refractivity contribution in [3.8, 4) is 0 Å². The van der Waals surface area contributed by atoms with Crippen LogP contribution in [0, 0.1) is 0 Å². The minimum absolute atomic E-state index is 0.0430. The van der Waals surface area contributed by atoms with E-state index >= 15 is 0 Å². The second-order valence-corrected chi connectivity index (χ2v) is 9.04. The summed E-state index contributed by atoms with van der Waals surface area (Å²) in [6.45, 7) is 2.93. The zero-order valence-electron chi connectivity index (χ0n) is 14.3. The summed E-state index contributed by atoms with van der Waals surface area (Å²) < 4.78 is 32.1. The summed E-state index contributed by atoms with van der Waals surface area (Å²) in [6, 6.07) is 6.61. The van der Waals surface area contributed by atoms with Crippen LogP contribution >= 0.6 is 11.3 Å². The zero-order valence-corrected chi connectivity index (χ0v) is 16.0. The summed E-state index contributed by atoms with van der Waals surface area (Å²) in [5, 5.41) is 1.80. The van der Waals surface area contributed by atoms with E-state index in [1.54, 1.807) is 23.3 Å². The molecule has 1 saturated heterocycles. The number of hydrogen-bond donors (Lipinski definition) is 0. The third-order valence-electron chi connectivity index (χ3n) is 4.56. The first-order valence-corrected chi connectivity index (χ1v) is 10.6. The van der Waals surface area contributed by atoms with E-state index in [0.29, 0.717) is 13.1 Å². The third-order valence-corrected chi connectivity index (χ3v) is 7.37. The van der Waals surface area contributed by atoms with Crippen LogP contribution in [-0.2, 0) is 10.0 Å². The minimum Gasteiger partial charge on any atom is -0.438 e. The van der Waals surface area contributed by atoms with Crippen molar-refractivity contribution in [2.75, 3.05) is 20.1 Å². The molecule has 1 amide bonds. The molecule has 3 heterocycles. The SMILES string of the molecule is CC(c1cccs1)N(C)C(=O)c1ccc(S(=O)(=O)N2CCCCC2)o1. The topological polar surface area (TPSA) is 70.8 Å². The highest BCUT2D eigenvalue weighted by molar-refractivity contribution is 7.89. The number of nitrogens with zero attached hydrogens (tertiary/aromatic N) is 2. The molecule has 8 heteroatoms. The molecule has 0 saturated carbocycles. The fraction of sp³-hybridized carbons (Fsp3) is 0.471. The monoisotopic (exact) mass is 382 g/mol. The Balaban J connectivity index is 1.77. The van der Waals surface area contributed by atoms with Crippen LogP contribution in [0.25, 0.3) is 0 Å². The van der Waals surface area contributed by atoms with Crippen molar-refractivity contribution < 1.29 is 17.6 Å². The molecule has 1 aliphatic heterocycles. The second kappa shape index (κ2) is 7.31. The van der Waals surface area contributed by atoms with E-state index in [9.17, 15) is 13.2 Å². The highest BCUT2D eigenvalue weighted by atomic mass is 32.2. The number of thiophene rings is 1. The molecule has 0 bridgehead atoms. The number of carbonyl (C=O) groups excluding carboxylic acids is 1. The van der Waals surface area contributed by atoms with Gasteiger partial charge in [0, 0.05) is 25.0 Å². The molecule has 3 rings (SSSR count). The number of furan rings is 1. The predicted molar refractivity (Wildman–Crippen MR) is 96.1 cm³/mol. The number of carbonyl (C=O) groups is 1. The van der Waals surface area contributed by atoms with Gasteiger partial charge in [0.2, 0.25) is 5.09 Å². The lowest BCUT2D eigenvalue weighted by molar-refractivity contribution is 0.0706. The second-order valence-electron chi connectivity index (χ2n) is 6.19. The fourth-order valence-corrected chi connectivity index (χ4v) is 5.13. The summed E-state index contributed by atoms with van der Waals surface area (Å²) in [5.41, 5.74) is 0. The summed E-state index contributed by atoms with van der Waals surface area (Å²) >= 11 is 1.57. The van der Waals surface area contributed by atoms with Crippen molar-refractivity contribution >= 4 is 27.3 Å². The molecule has 1 aliphatic rings. The third kappa shape index (κ3) is 3.65. The standard InChI is InChI=1S/C17H22N2O4S2/c1-13(15-7-6-12-24-15)18(2)17(20)14-8-9-16(23-14)25(21,22)19-10-4-3-5-11-19/h6-9,12-13H,3-5,10-11H2,1-2H3. The first kappa shape index (κ1) is 18.2.